The van der Waals surface area contributed by atoms with Crippen molar-refractivity contribution in [1.82, 2.24) is 5.06 Å². The van der Waals surface area contributed by atoms with Crippen LogP contribution in [0.1, 0.15) is 23.1 Å². The van der Waals surface area contributed by atoms with E-state index in [4.69, 9.17) is 5.73 Å². The highest BCUT2D eigenvalue weighted by Crippen LogP contribution is 2.37. The molecule has 0 aliphatic rings. The Labute approximate surface area is 163 Å². The van der Waals surface area contributed by atoms with Gasteiger partial charge in [-0.15, -0.1) is 0 Å². The molecule has 3 aromatic rings. The number of carbonyl (C=O) groups is 1. The van der Waals surface area contributed by atoms with Gasteiger partial charge < -0.3 is 5.73 Å². The molecule has 140 valence electrons. The first-order valence-electron chi connectivity index (χ1n) is 8.95. The molecule has 0 fully saturated rings. The number of primary amides is 1. The van der Waals surface area contributed by atoms with Crippen LogP contribution in [0, 0.1) is 0 Å². The zero-order valence-corrected chi connectivity index (χ0v) is 15.9. The van der Waals surface area contributed by atoms with Gasteiger partial charge in [0.25, 0.3) is 0 Å². The highest BCUT2D eigenvalue weighted by molar-refractivity contribution is 7.08. The van der Waals surface area contributed by atoms with Crippen molar-refractivity contribution >= 4 is 17.4 Å². The van der Waals surface area contributed by atoms with Crippen LogP contribution in [0.5, 0.6) is 0 Å². The van der Waals surface area contributed by atoms with Gasteiger partial charge in [0.05, 0.1) is 6.54 Å². The summed E-state index contributed by atoms with van der Waals surface area (Å²) in [4.78, 5) is 11.3. The van der Waals surface area contributed by atoms with Crippen LogP contribution in [0.4, 0.5) is 4.79 Å². The van der Waals surface area contributed by atoms with Gasteiger partial charge in [0.15, 0.2) is 0 Å². The van der Waals surface area contributed by atoms with Gasteiger partial charge in [0.1, 0.15) is 0 Å². The van der Waals surface area contributed by atoms with Gasteiger partial charge in [-0.25, -0.2) is 9.86 Å². The summed E-state index contributed by atoms with van der Waals surface area (Å²) in [6, 6.07) is 22.0. The van der Waals surface area contributed by atoms with Gasteiger partial charge in [-0.2, -0.15) is 11.3 Å². The molecule has 3 rings (SSSR count). The predicted octanol–water partition coefficient (Wildman–Crippen LogP) is 4.63. The van der Waals surface area contributed by atoms with E-state index in [1.165, 1.54) is 16.7 Å². The number of hydroxylamine groups is 2. The first-order chi connectivity index (χ1) is 13.1. The molecule has 0 atom stereocenters. The highest BCUT2D eigenvalue weighted by Gasteiger charge is 2.34. The minimum absolute atomic E-state index is 0.185. The normalized spacial score (nSPS) is 11.3. The quantitative estimate of drug-likeness (QED) is 0.442. The number of hydrogen-bond acceptors (Lipinski definition) is 3. The average molecular weight is 381 g/mol. The Morgan fingerprint density at radius 2 is 1.52 bits per heavy atom. The maximum absolute atomic E-state index is 11.3. The molecule has 0 aliphatic carbocycles. The van der Waals surface area contributed by atoms with E-state index in [0.717, 1.165) is 12.8 Å². The van der Waals surface area contributed by atoms with Crippen molar-refractivity contribution in [3.63, 3.8) is 0 Å². The molecule has 5 heteroatoms. The van der Waals surface area contributed by atoms with Gasteiger partial charge in [0.2, 0.25) is 0 Å². The van der Waals surface area contributed by atoms with Crippen molar-refractivity contribution in [2.24, 2.45) is 5.73 Å². The van der Waals surface area contributed by atoms with Gasteiger partial charge >= 0.3 is 6.03 Å². The molecule has 0 bridgehead atoms. The fraction of sp³-hybridized carbons (Fsp3) is 0.227. The van der Waals surface area contributed by atoms with E-state index in [-0.39, 0.29) is 12.0 Å². The summed E-state index contributed by atoms with van der Waals surface area (Å²) >= 11 is 1.66. The minimum atomic E-state index is -0.825. The Bertz CT molecular complexity index is 794. The summed E-state index contributed by atoms with van der Waals surface area (Å²) < 4.78 is 0. The average Bonchev–Trinajstić information content (AvgIpc) is 3.23. The molecular weight excluding hydrogens is 356 g/mol. The number of urea groups is 1. The third kappa shape index (κ3) is 4.96. The molecule has 27 heavy (non-hydrogen) atoms. The molecule has 0 radical (unpaired) electrons. The third-order valence-corrected chi connectivity index (χ3v) is 5.64. The lowest BCUT2D eigenvalue weighted by Gasteiger charge is -2.35. The smallest absolute Gasteiger partial charge is 0.338 e. The second-order valence-corrected chi connectivity index (χ2v) is 7.61. The number of carbonyl (C=O) groups excluding carboxylic acids is 1. The molecule has 0 saturated carbocycles. The van der Waals surface area contributed by atoms with Crippen molar-refractivity contribution in [3.8, 4) is 0 Å². The van der Waals surface area contributed by atoms with E-state index in [1.54, 1.807) is 11.3 Å². The number of thiophene rings is 1. The summed E-state index contributed by atoms with van der Waals surface area (Å²) in [6.45, 7) is 0.185. The SMILES string of the molecule is NC(=O)N(O)CCC(Cc1ccccc1)(Cc1ccccc1)c1ccsc1. The van der Waals surface area contributed by atoms with Crippen LogP contribution in [0.3, 0.4) is 0 Å². The van der Waals surface area contributed by atoms with E-state index in [0.29, 0.717) is 11.5 Å². The monoisotopic (exact) mass is 380 g/mol. The molecular formula is C22H24N2O2S. The van der Waals surface area contributed by atoms with E-state index >= 15 is 0 Å². The molecule has 0 spiro atoms. The molecule has 3 N–H and O–H groups in total. The second-order valence-electron chi connectivity index (χ2n) is 6.83. The number of amides is 2. The van der Waals surface area contributed by atoms with E-state index < -0.39 is 6.03 Å². The molecule has 1 aromatic heterocycles. The standard InChI is InChI=1S/C22H24N2O2S/c23-21(25)24(26)13-12-22(20-11-14-27-17-20,15-18-7-3-1-4-8-18)16-19-9-5-2-6-10-19/h1-11,14,17,26H,12-13,15-16H2,(H2,23,25). The summed E-state index contributed by atoms with van der Waals surface area (Å²) in [5.41, 5.74) is 8.65. The molecule has 0 unspecified atom stereocenters. The van der Waals surface area contributed by atoms with Crippen molar-refractivity contribution in [2.75, 3.05) is 6.54 Å². The van der Waals surface area contributed by atoms with Crippen molar-refractivity contribution < 1.29 is 10.0 Å². The van der Waals surface area contributed by atoms with Crippen molar-refractivity contribution in [3.05, 3.63) is 94.2 Å². The number of rotatable bonds is 8. The summed E-state index contributed by atoms with van der Waals surface area (Å²) in [5.74, 6) is 0. The molecule has 0 saturated heterocycles. The highest BCUT2D eigenvalue weighted by atomic mass is 32.1. The molecule has 2 aromatic carbocycles. The van der Waals surface area contributed by atoms with Crippen LogP contribution < -0.4 is 5.73 Å². The first kappa shape index (κ1) is 19.1. The second kappa shape index (κ2) is 8.84. The molecule has 1 heterocycles. The lowest BCUT2D eigenvalue weighted by Crippen LogP contribution is -2.39. The predicted molar refractivity (Wildman–Crippen MR) is 109 cm³/mol. The fourth-order valence-electron chi connectivity index (χ4n) is 3.56. The van der Waals surface area contributed by atoms with Crippen LogP contribution in [0.2, 0.25) is 0 Å². The summed E-state index contributed by atoms with van der Waals surface area (Å²) in [6.07, 6.45) is 2.23. The maximum atomic E-state index is 11.3. The van der Waals surface area contributed by atoms with E-state index in [1.807, 2.05) is 36.4 Å². The number of nitrogens with two attached hydrogens (primary N) is 1. The molecule has 2 amide bonds. The van der Waals surface area contributed by atoms with Gasteiger partial charge in [-0.3, -0.25) is 5.21 Å². The van der Waals surface area contributed by atoms with Gasteiger partial charge in [-0.05, 0) is 52.8 Å². The number of benzene rings is 2. The fourth-order valence-corrected chi connectivity index (χ4v) is 4.34. The topological polar surface area (TPSA) is 66.6 Å². The first-order valence-corrected chi connectivity index (χ1v) is 9.90. The zero-order chi connectivity index (χ0) is 19.1. The largest absolute Gasteiger partial charge is 0.350 e. The lowest BCUT2D eigenvalue weighted by molar-refractivity contribution is -0.0443. The maximum Gasteiger partial charge on any atom is 0.338 e. The third-order valence-electron chi connectivity index (χ3n) is 4.96. The van der Waals surface area contributed by atoms with E-state index in [9.17, 15) is 10.0 Å². The van der Waals surface area contributed by atoms with Crippen molar-refractivity contribution in [1.29, 1.82) is 0 Å². The van der Waals surface area contributed by atoms with E-state index in [2.05, 4.69) is 41.1 Å². The lowest BCUT2D eigenvalue weighted by atomic mass is 9.70. The van der Waals surface area contributed by atoms with Crippen molar-refractivity contribution in [2.45, 2.75) is 24.7 Å². The summed E-state index contributed by atoms with van der Waals surface area (Å²) in [7, 11) is 0. The van der Waals surface area contributed by atoms with Crippen LogP contribution >= 0.6 is 11.3 Å². The number of hydrogen-bond donors (Lipinski definition) is 2. The summed E-state index contributed by atoms with van der Waals surface area (Å²) in [5, 5.41) is 14.7. The number of nitrogens with zero attached hydrogens (tertiary/aromatic N) is 1. The van der Waals surface area contributed by atoms with Gasteiger partial charge in [-0.1, -0.05) is 60.7 Å². The van der Waals surface area contributed by atoms with Gasteiger partial charge in [0, 0.05) is 5.41 Å². The Morgan fingerprint density at radius 3 is 1.96 bits per heavy atom. The Balaban J connectivity index is 1.98. The van der Waals surface area contributed by atoms with Crippen LogP contribution in [-0.2, 0) is 18.3 Å². The molecule has 0 aliphatic heterocycles. The minimum Gasteiger partial charge on any atom is -0.350 e. The van der Waals surface area contributed by atoms with Crippen LogP contribution in [0.15, 0.2) is 77.5 Å². The Hall–Kier alpha value is -2.63. The zero-order valence-electron chi connectivity index (χ0n) is 15.1. The molecule has 4 nitrogen and oxygen atoms in total. The van der Waals surface area contributed by atoms with Crippen LogP contribution in [0.25, 0.3) is 0 Å². The Kier molecular flexibility index (Phi) is 6.27. The Morgan fingerprint density at radius 1 is 0.963 bits per heavy atom. The van der Waals surface area contributed by atoms with Crippen LogP contribution in [-0.4, -0.2) is 22.8 Å².